The topological polar surface area (TPSA) is 41.5 Å². The molecule has 1 aromatic carbocycles. The van der Waals surface area contributed by atoms with E-state index in [1.54, 1.807) is 0 Å². The molecule has 2 N–H and O–H groups in total. The van der Waals surface area contributed by atoms with Crippen molar-refractivity contribution in [3.63, 3.8) is 0 Å². The van der Waals surface area contributed by atoms with E-state index in [-0.39, 0.29) is 12.6 Å². The monoisotopic (exact) mass is 263 g/mol. The van der Waals surface area contributed by atoms with E-state index in [1.165, 1.54) is 22.3 Å². The average molecular weight is 263 g/mol. The van der Waals surface area contributed by atoms with Gasteiger partial charge in [0.05, 0.1) is 18.8 Å². The molecule has 1 fully saturated rings. The lowest BCUT2D eigenvalue weighted by atomic mass is 9.94. The van der Waals surface area contributed by atoms with Gasteiger partial charge >= 0.3 is 0 Å². The molecule has 0 radical (unpaired) electrons. The lowest BCUT2D eigenvalue weighted by molar-refractivity contribution is 0.104. The standard InChI is InChI=1S/C16H25NO2/c1-11-7-12(2)16(13(3)8-11)15(10-18)17-9-14-5-4-6-19-14/h7-8,14-15,17-18H,4-6,9-10H2,1-3H3. The molecule has 0 saturated carbocycles. The molecule has 2 atom stereocenters. The van der Waals surface area contributed by atoms with Crippen molar-refractivity contribution in [3.8, 4) is 0 Å². The minimum absolute atomic E-state index is 0.00444. The molecule has 3 nitrogen and oxygen atoms in total. The van der Waals surface area contributed by atoms with E-state index in [0.29, 0.717) is 6.10 Å². The summed E-state index contributed by atoms with van der Waals surface area (Å²) >= 11 is 0. The fourth-order valence-corrected chi connectivity index (χ4v) is 3.08. The third-order valence-corrected chi connectivity index (χ3v) is 3.88. The maximum Gasteiger partial charge on any atom is 0.0700 e. The Morgan fingerprint density at radius 2 is 2.00 bits per heavy atom. The van der Waals surface area contributed by atoms with Crippen LogP contribution in [0.1, 0.15) is 41.1 Å². The first-order chi connectivity index (χ1) is 9.11. The maximum absolute atomic E-state index is 9.67. The Bertz CT molecular complexity index is 402. The Kier molecular flexibility index (Phi) is 4.97. The van der Waals surface area contributed by atoms with Gasteiger partial charge in [0.25, 0.3) is 0 Å². The molecule has 0 aromatic heterocycles. The van der Waals surface area contributed by atoms with Crippen molar-refractivity contribution < 1.29 is 9.84 Å². The van der Waals surface area contributed by atoms with Gasteiger partial charge in [0, 0.05) is 13.2 Å². The van der Waals surface area contributed by atoms with Gasteiger partial charge in [-0.1, -0.05) is 17.7 Å². The first-order valence-corrected chi connectivity index (χ1v) is 7.15. The first kappa shape index (κ1) is 14.5. The molecule has 2 unspecified atom stereocenters. The van der Waals surface area contributed by atoms with Gasteiger partial charge in [-0.2, -0.15) is 0 Å². The molecule has 1 heterocycles. The lowest BCUT2D eigenvalue weighted by Gasteiger charge is -2.23. The molecule has 2 rings (SSSR count). The van der Waals surface area contributed by atoms with Gasteiger partial charge < -0.3 is 15.2 Å². The van der Waals surface area contributed by atoms with Crippen LogP contribution in [0.5, 0.6) is 0 Å². The van der Waals surface area contributed by atoms with Gasteiger partial charge in [0.1, 0.15) is 0 Å². The van der Waals surface area contributed by atoms with Crippen molar-refractivity contribution in [1.82, 2.24) is 5.32 Å². The van der Waals surface area contributed by atoms with Gasteiger partial charge in [-0.25, -0.2) is 0 Å². The highest BCUT2D eigenvalue weighted by molar-refractivity contribution is 5.39. The Balaban J connectivity index is 2.08. The van der Waals surface area contributed by atoms with Crippen molar-refractivity contribution in [1.29, 1.82) is 0 Å². The molecular formula is C16H25NO2. The van der Waals surface area contributed by atoms with Crippen LogP contribution in [-0.4, -0.2) is 31.0 Å². The molecule has 19 heavy (non-hydrogen) atoms. The summed E-state index contributed by atoms with van der Waals surface area (Å²) in [6.07, 6.45) is 2.58. The number of hydrogen-bond donors (Lipinski definition) is 2. The van der Waals surface area contributed by atoms with E-state index in [9.17, 15) is 5.11 Å². The second kappa shape index (κ2) is 6.51. The first-order valence-electron chi connectivity index (χ1n) is 7.15. The van der Waals surface area contributed by atoms with E-state index in [0.717, 1.165) is 26.0 Å². The SMILES string of the molecule is Cc1cc(C)c(C(CO)NCC2CCCO2)c(C)c1. The van der Waals surface area contributed by atoms with Gasteiger partial charge in [0.2, 0.25) is 0 Å². The molecule has 1 aromatic rings. The molecule has 3 heteroatoms. The summed E-state index contributed by atoms with van der Waals surface area (Å²) in [6.45, 7) is 8.16. The van der Waals surface area contributed by atoms with Crippen molar-refractivity contribution in [3.05, 3.63) is 34.4 Å². The quantitative estimate of drug-likeness (QED) is 0.857. The van der Waals surface area contributed by atoms with Crippen LogP contribution in [0.25, 0.3) is 0 Å². The van der Waals surface area contributed by atoms with Crippen molar-refractivity contribution in [2.45, 2.75) is 45.8 Å². The fraction of sp³-hybridized carbons (Fsp3) is 0.625. The van der Waals surface area contributed by atoms with Crippen LogP contribution in [0.4, 0.5) is 0 Å². The summed E-state index contributed by atoms with van der Waals surface area (Å²) in [5, 5.41) is 13.1. The van der Waals surface area contributed by atoms with Gasteiger partial charge in [-0.05, 0) is 50.3 Å². The Hall–Kier alpha value is -0.900. The minimum atomic E-state index is 0.00444. The summed E-state index contributed by atoms with van der Waals surface area (Å²) in [4.78, 5) is 0. The Labute approximate surface area is 116 Å². The van der Waals surface area contributed by atoms with Gasteiger partial charge in [-0.15, -0.1) is 0 Å². The summed E-state index contributed by atoms with van der Waals surface area (Å²) in [5.74, 6) is 0. The molecule has 0 bridgehead atoms. The second-order valence-corrected chi connectivity index (χ2v) is 5.59. The Morgan fingerprint density at radius 1 is 1.32 bits per heavy atom. The van der Waals surface area contributed by atoms with E-state index >= 15 is 0 Å². The van der Waals surface area contributed by atoms with Crippen LogP contribution in [0, 0.1) is 20.8 Å². The second-order valence-electron chi connectivity index (χ2n) is 5.59. The predicted octanol–water partition coefficient (Wildman–Crippen LogP) is 2.41. The molecule has 0 aliphatic carbocycles. The van der Waals surface area contributed by atoms with Crippen LogP contribution in [0.2, 0.25) is 0 Å². The van der Waals surface area contributed by atoms with E-state index in [4.69, 9.17) is 4.74 Å². The number of ether oxygens (including phenoxy) is 1. The molecule has 106 valence electrons. The van der Waals surface area contributed by atoms with Crippen molar-refractivity contribution in [2.24, 2.45) is 0 Å². The number of benzene rings is 1. The highest BCUT2D eigenvalue weighted by atomic mass is 16.5. The molecule has 1 aliphatic heterocycles. The van der Waals surface area contributed by atoms with Crippen LogP contribution in [0.3, 0.4) is 0 Å². The van der Waals surface area contributed by atoms with Crippen LogP contribution in [0.15, 0.2) is 12.1 Å². The van der Waals surface area contributed by atoms with Crippen LogP contribution < -0.4 is 5.32 Å². The third-order valence-electron chi connectivity index (χ3n) is 3.88. The number of hydrogen-bond acceptors (Lipinski definition) is 3. The minimum Gasteiger partial charge on any atom is -0.394 e. The van der Waals surface area contributed by atoms with Gasteiger partial charge in [-0.3, -0.25) is 0 Å². The van der Waals surface area contributed by atoms with E-state index in [2.05, 4.69) is 38.2 Å². The van der Waals surface area contributed by atoms with E-state index < -0.39 is 0 Å². The van der Waals surface area contributed by atoms with Crippen molar-refractivity contribution in [2.75, 3.05) is 19.8 Å². The van der Waals surface area contributed by atoms with Gasteiger partial charge in [0.15, 0.2) is 0 Å². The number of aryl methyl sites for hydroxylation is 3. The largest absolute Gasteiger partial charge is 0.394 e. The van der Waals surface area contributed by atoms with E-state index in [1.807, 2.05) is 0 Å². The average Bonchev–Trinajstić information content (AvgIpc) is 2.85. The zero-order chi connectivity index (χ0) is 13.8. The highest BCUT2D eigenvalue weighted by Crippen LogP contribution is 2.24. The zero-order valence-electron chi connectivity index (χ0n) is 12.2. The molecular weight excluding hydrogens is 238 g/mol. The lowest BCUT2D eigenvalue weighted by Crippen LogP contribution is -2.32. The smallest absolute Gasteiger partial charge is 0.0700 e. The molecule has 1 aliphatic rings. The molecule has 0 amide bonds. The Morgan fingerprint density at radius 3 is 2.53 bits per heavy atom. The fourth-order valence-electron chi connectivity index (χ4n) is 3.08. The number of nitrogens with one attached hydrogen (secondary N) is 1. The molecule has 0 spiro atoms. The van der Waals surface area contributed by atoms with Crippen molar-refractivity contribution >= 4 is 0 Å². The maximum atomic E-state index is 9.67. The molecule has 1 saturated heterocycles. The predicted molar refractivity (Wildman–Crippen MR) is 77.5 cm³/mol. The van der Waals surface area contributed by atoms with Crippen LogP contribution >= 0.6 is 0 Å². The number of aliphatic hydroxyl groups is 1. The third kappa shape index (κ3) is 3.56. The number of rotatable bonds is 5. The van der Waals surface area contributed by atoms with Crippen LogP contribution in [-0.2, 0) is 4.74 Å². The normalized spacial score (nSPS) is 20.7. The highest BCUT2D eigenvalue weighted by Gasteiger charge is 2.20. The number of aliphatic hydroxyl groups excluding tert-OH is 1. The summed E-state index contributed by atoms with van der Waals surface area (Å²) in [5.41, 5.74) is 4.99. The summed E-state index contributed by atoms with van der Waals surface area (Å²) in [7, 11) is 0. The summed E-state index contributed by atoms with van der Waals surface area (Å²) in [6, 6.07) is 4.36. The zero-order valence-corrected chi connectivity index (χ0v) is 12.2. The summed E-state index contributed by atoms with van der Waals surface area (Å²) < 4.78 is 5.62.